The first kappa shape index (κ1) is 13.9. The van der Waals surface area contributed by atoms with Gasteiger partial charge in [-0.05, 0) is 12.1 Å². The van der Waals surface area contributed by atoms with Gasteiger partial charge in [-0.1, -0.05) is 23.2 Å². The molecular weight excluding hydrogens is 315 g/mol. The number of aliphatic carboxylic acids is 1. The summed E-state index contributed by atoms with van der Waals surface area (Å²) >= 11 is 12.0. The number of benzene rings is 1. The summed E-state index contributed by atoms with van der Waals surface area (Å²) in [6.07, 6.45) is 3.39. The quantitative estimate of drug-likeness (QED) is 0.804. The summed E-state index contributed by atoms with van der Waals surface area (Å²) in [4.78, 5) is 19.8. The van der Waals surface area contributed by atoms with Crippen LogP contribution >= 0.6 is 23.2 Å². The van der Waals surface area contributed by atoms with Crippen molar-refractivity contribution in [1.29, 1.82) is 0 Å². The Bertz CT molecular complexity index is 853. The first-order valence-corrected chi connectivity index (χ1v) is 6.76. The van der Waals surface area contributed by atoms with Gasteiger partial charge < -0.3 is 14.2 Å². The Labute approximate surface area is 129 Å². The van der Waals surface area contributed by atoms with E-state index in [-0.39, 0.29) is 6.54 Å². The van der Waals surface area contributed by atoms with Crippen molar-refractivity contribution in [3.63, 3.8) is 0 Å². The van der Waals surface area contributed by atoms with Gasteiger partial charge in [0.1, 0.15) is 12.2 Å². The molecule has 0 atom stereocenters. The summed E-state index contributed by atoms with van der Waals surface area (Å²) in [5, 5.41) is 9.83. The van der Waals surface area contributed by atoms with Gasteiger partial charge in [-0.2, -0.15) is 0 Å². The van der Waals surface area contributed by atoms with E-state index in [1.165, 1.54) is 0 Å². The van der Waals surface area contributed by atoms with Gasteiger partial charge in [-0.25, -0.2) is 9.97 Å². The third-order valence-corrected chi connectivity index (χ3v) is 3.74. The van der Waals surface area contributed by atoms with Gasteiger partial charge in [0.25, 0.3) is 0 Å². The summed E-state index contributed by atoms with van der Waals surface area (Å²) in [6, 6.07) is 3.23. The fourth-order valence-corrected chi connectivity index (χ4v) is 2.46. The van der Waals surface area contributed by atoms with Gasteiger partial charge in [-0.3, -0.25) is 4.79 Å². The number of carboxylic acid groups (broad SMARTS) is 1. The van der Waals surface area contributed by atoms with Crippen molar-refractivity contribution in [2.45, 2.75) is 6.54 Å². The van der Waals surface area contributed by atoms with Crippen LogP contribution in [0.1, 0.15) is 0 Å². The number of carboxylic acids is 1. The Balaban J connectivity index is 2.29. The molecule has 0 aliphatic heterocycles. The molecule has 1 aromatic carbocycles. The van der Waals surface area contributed by atoms with Crippen molar-refractivity contribution in [3.8, 4) is 11.5 Å². The summed E-state index contributed by atoms with van der Waals surface area (Å²) in [6.45, 7) is -0.236. The van der Waals surface area contributed by atoms with E-state index >= 15 is 0 Å². The molecule has 0 amide bonds. The zero-order valence-corrected chi connectivity index (χ0v) is 12.4. The Kier molecular flexibility index (Phi) is 3.35. The average Bonchev–Trinajstić information content (AvgIpc) is 2.95. The van der Waals surface area contributed by atoms with Crippen molar-refractivity contribution in [2.24, 2.45) is 7.05 Å². The minimum Gasteiger partial charge on any atom is -0.480 e. The Hall–Kier alpha value is -2.05. The van der Waals surface area contributed by atoms with E-state index in [1.54, 1.807) is 33.8 Å². The second kappa shape index (κ2) is 5.05. The van der Waals surface area contributed by atoms with Crippen molar-refractivity contribution < 1.29 is 9.90 Å². The van der Waals surface area contributed by atoms with Crippen molar-refractivity contribution in [2.75, 3.05) is 0 Å². The van der Waals surface area contributed by atoms with Crippen molar-refractivity contribution >= 4 is 40.2 Å². The SMILES string of the molecule is Cn1cnc(-c2nc3cc(Cl)c(Cl)cc3n2CC(=O)O)c1. The maximum atomic E-state index is 11.1. The fraction of sp³-hybridized carbons (Fsp3) is 0.154. The van der Waals surface area contributed by atoms with Crippen LogP contribution in [0.3, 0.4) is 0 Å². The standard InChI is InChI=1S/C13H10Cl2N4O2/c1-18-4-10(16-6-18)13-17-9-2-7(14)8(15)3-11(9)19(13)5-12(20)21/h2-4,6H,5H2,1H3,(H,20,21). The molecule has 0 spiro atoms. The molecule has 0 aliphatic rings. The number of hydrogen-bond acceptors (Lipinski definition) is 3. The summed E-state index contributed by atoms with van der Waals surface area (Å²) < 4.78 is 3.32. The van der Waals surface area contributed by atoms with E-state index < -0.39 is 5.97 Å². The highest BCUT2D eigenvalue weighted by molar-refractivity contribution is 6.42. The molecule has 3 rings (SSSR count). The largest absolute Gasteiger partial charge is 0.480 e. The fourth-order valence-electron chi connectivity index (χ4n) is 2.14. The molecule has 8 heteroatoms. The molecule has 0 unspecified atom stereocenters. The minimum atomic E-state index is -0.974. The lowest BCUT2D eigenvalue weighted by atomic mass is 10.3. The summed E-state index contributed by atoms with van der Waals surface area (Å²) in [5.41, 5.74) is 1.76. The molecule has 0 saturated carbocycles. The first-order valence-electron chi connectivity index (χ1n) is 6.01. The van der Waals surface area contributed by atoms with Crippen molar-refractivity contribution in [3.05, 3.63) is 34.7 Å². The number of aryl methyl sites for hydroxylation is 1. The number of fused-ring (bicyclic) bond motifs is 1. The minimum absolute atomic E-state index is 0.236. The van der Waals surface area contributed by atoms with Crippen LogP contribution in [0, 0.1) is 0 Å². The van der Waals surface area contributed by atoms with Gasteiger partial charge in [-0.15, -0.1) is 0 Å². The van der Waals surface area contributed by atoms with Crippen LogP contribution < -0.4 is 0 Å². The van der Waals surface area contributed by atoms with Gasteiger partial charge in [0.15, 0.2) is 5.82 Å². The molecular formula is C13H10Cl2N4O2. The number of aromatic nitrogens is 4. The molecule has 0 radical (unpaired) electrons. The van der Waals surface area contributed by atoms with E-state index in [0.29, 0.717) is 32.6 Å². The Morgan fingerprint density at radius 2 is 2.05 bits per heavy atom. The van der Waals surface area contributed by atoms with Crippen LogP contribution in [-0.2, 0) is 18.4 Å². The van der Waals surface area contributed by atoms with Crippen LogP contribution in [0.5, 0.6) is 0 Å². The highest BCUT2D eigenvalue weighted by Gasteiger charge is 2.18. The summed E-state index contributed by atoms with van der Waals surface area (Å²) in [5.74, 6) is -0.510. The number of imidazole rings is 2. The molecule has 0 saturated heterocycles. The highest BCUT2D eigenvalue weighted by atomic mass is 35.5. The molecule has 6 nitrogen and oxygen atoms in total. The lowest BCUT2D eigenvalue weighted by molar-refractivity contribution is -0.137. The molecule has 0 aliphatic carbocycles. The average molecular weight is 325 g/mol. The molecule has 2 heterocycles. The van der Waals surface area contributed by atoms with Crippen LogP contribution in [0.15, 0.2) is 24.7 Å². The van der Waals surface area contributed by atoms with Crippen LogP contribution in [0.4, 0.5) is 0 Å². The normalized spacial score (nSPS) is 11.2. The monoisotopic (exact) mass is 324 g/mol. The smallest absolute Gasteiger partial charge is 0.323 e. The molecule has 1 N–H and O–H groups in total. The molecule has 2 aromatic heterocycles. The number of carbonyl (C=O) groups is 1. The van der Waals surface area contributed by atoms with E-state index in [2.05, 4.69) is 9.97 Å². The molecule has 21 heavy (non-hydrogen) atoms. The Morgan fingerprint density at radius 3 is 2.67 bits per heavy atom. The van der Waals surface area contributed by atoms with Crippen LogP contribution in [0.2, 0.25) is 10.0 Å². The molecule has 108 valence electrons. The lowest BCUT2D eigenvalue weighted by Gasteiger charge is -2.04. The maximum absolute atomic E-state index is 11.1. The van der Waals surface area contributed by atoms with E-state index in [1.807, 2.05) is 7.05 Å². The Morgan fingerprint density at radius 1 is 1.33 bits per heavy atom. The summed E-state index contributed by atoms with van der Waals surface area (Å²) in [7, 11) is 1.83. The number of hydrogen-bond donors (Lipinski definition) is 1. The van der Waals surface area contributed by atoms with Gasteiger partial charge >= 0.3 is 5.97 Å². The second-order valence-corrected chi connectivity index (χ2v) is 5.41. The number of halogens is 2. The third kappa shape index (κ3) is 2.48. The second-order valence-electron chi connectivity index (χ2n) is 4.59. The van der Waals surface area contributed by atoms with E-state index in [9.17, 15) is 4.79 Å². The first-order chi connectivity index (χ1) is 9.95. The molecule has 0 fully saturated rings. The molecule has 3 aromatic rings. The predicted octanol–water partition coefficient (Wildman–Crippen LogP) is 2.83. The van der Waals surface area contributed by atoms with E-state index in [4.69, 9.17) is 28.3 Å². The molecule has 0 bridgehead atoms. The van der Waals surface area contributed by atoms with Gasteiger partial charge in [0.2, 0.25) is 0 Å². The number of nitrogens with zero attached hydrogens (tertiary/aromatic N) is 4. The van der Waals surface area contributed by atoms with Gasteiger partial charge in [0, 0.05) is 13.2 Å². The zero-order valence-electron chi connectivity index (χ0n) is 10.9. The maximum Gasteiger partial charge on any atom is 0.323 e. The van der Waals surface area contributed by atoms with Crippen LogP contribution in [0.25, 0.3) is 22.6 Å². The van der Waals surface area contributed by atoms with Gasteiger partial charge in [0.05, 0.1) is 27.4 Å². The lowest BCUT2D eigenvalue weighted by Crippen LogP contribution is -2.10. The van der Waals surface area contributed by atoms with Crippen molar-refractivity contribution in [1.82, 2.24) is 19.1 Å². The topological polar surface area (TPSA) is 72.9 Å². The van der Waals surface area contributed by atoms with Crippen LogP contribution in [-0.4, -0.2) is 30.2 Å². The predicted molar refractivity (Wildman–Crippen MR) is 79.6 cm³/mol. The highest BCUT2D eigenvalue weighted by Crippen LogP contribution is 2.30. The number of rotatable bonds is 3. The zero-order chi connectivity index (χ0) is 15.1. The third-order valence-electron chi connectivity index (χ3n) is 3.02. The van der Waals surface area contributed by atoms with E-state index in [0.717, 1.165) is 0 Å².